The van der Waals surface area contributed by atoms with Crippen molar-refractivity contribution in [1.29, 1.82) is 0 Å². The van der Waals surface area contributed by atoms with Crippen molar-refractivity contribution in [2.24, 2.45) is 5.92 Å². The van der Waals surface area contributed by atoms with Crippen molar-refractivity contribution in [2.45, 2.75) is 79.3 Å². The van der Waals surface area contributed by atoms with Gasteiger partial charge < -0.3 is 20.1 Å². The zero-order valence-electron chi connectivity index (χ0n) is 24.7. The van der Waals surface area contributed by atoms with Gasteiger partial charge >= 0.3 is 0 Å². The van der Waals surface area contributed by atoms with E-state index in [-0.39, 0.29) is 11.8 Å². The second kappa shape index (κ2) is 14.9. The quantitative estimate of drug-likeness (QED) is 0.459. The summed E-state index contributed by atoms with van der Waals surface area (Å²) in [5.41, 5.74) is 4.69. The number of rotatable bonds is 8. The van der Waals surface area contributed by atoms with Crippen molar-refractivity contribution < 1.29 is 19.1 Å². The van der Waals surface area contributed by atoms with Gasteiger partial charge in [-0.1, -0.05) is 33.8 Å². The monoisotopic (exact) mass is 537 g/mol. The normalized spacial score (nSPS) is 15.4. The number of benzene rings is 2. The Hall–Kier alpha value is -3.06. The summed E-state index contributed by atoms with van der Waals surface area (Å²) < 4.78 is 11.8. The summed E-state index contributed by atoms with van der Waals surface area (Å²) in [5.74, 6) is 2.29. The standard InChI is InChI=1S/C32H47N3O4/c1-22(2)13-15-35-20-28-26(11-10-12-29(28)39-16-9-7-8-14-33-31(36)21-35)32(37)34-19-25-18-27(23(3)4)30(38-6)17-24(25)5/h10-12,17-18,22-23H,7-9,13-16,19-21H2,1-6H3,(H,33,36)(H,34,37). The van der Waals surface area contributed by atoms with Crippen LogP contribution in [-0.2, 0) is 17.9 Å². The summed E-state index contributed by atoms with van der Waals surface area (Å²) in [6.45, 7) is 13.9. The number of carbonyl (C=O) groups excluding carboxylic acids is 2. The Balaban J connectivity index is 1.89. The number of methoxy groups -OCH3 is 1. The van der Waals surface area contributed by atoms with Crippen LogP contribution in [0.5, 0.6) is 11.5 Å². The van der Waals surface area contributed by atoms with Crippen molar-refractivity contribution >= 4 is 11.8 Å². The first kappa shape index (κ1) is 30.5. The lowest BCUT2D eigenvalue weighted by molar-refractivity contribution is -0.122. The van der Waals surface area contributed by atoms with Crippen LogP contribution >= 0.6 is 0 Å². The molecule has 7 heteroatoms. The maximum atomic E-state index is 13.6. The second-order valence-corrected chi connectivity index (χ2v) is 11.3. The van der Waals surface area contributed by atoms with Crippen LogP contribution in [0.2, 0.25) is 0 Å². The van der Waals surface area contributed by atoms with Crippen molar-refractivity contribution in [1.82, 2.24) is 15.5 Å². The lowest BCUT2D eigenvalue weighted by Gasteiger charge is -2.25. The fourth-order valence-corrected chi connectivity index (χ4v) is 4.86. The van der Waals surface area contributed by atoms with Crippen molar-refractivity contribution in [2.75, 3.05) is 33.4 Å². The molecule has 39 heavy (non-hydrogen) atoms. The maximum absolute atomic E-state index is 13.6. The molecule has 3 rings (SSSR count). The molecule has 7 nitrogen and oxygen atoms in total. The van der Waals surface area contributed by atoms with Crippen LogP contribution in [0.15, 0.2) is 30.3 Å². The predicted octanol–water partition coefficient (Wildman–Crippen LogP) is 5.58. The summed E-state index contributed by atoms with van der Waals surface area (Å²) in [6, 6.07) is 9.85. The fraction of sp³-hybridized carbons (Fsp3) is 0.562. The molecule has 0 unspecified atom stereocenters. The number of fused-ring (bicyclic) bond motifs is 1. The van der Waals surface area contributed by atoms with Gasteiger partial charge in [0.25, 0.3) is 5.91 Å². The molecule has 0 saturated heterocycles. The highest BCUT2D eigenvalue weighted by Crippen LogP contribution is 2.30. The molecule has 0 saturated carbocycles. The Morgan fingerprint density at radius 3 is 2.64 bits per heavy atom. The minimum Gasteiger partial charge on any atom is -0.496 e. The zero-order valence-corrected chi connectivity index (χ0v) is 24.7. The molecule has 0 fully saturated rings. The average molecular weight is 538 g/mol. The van der Waals surface area contributed by atoms with Crippen LogP contribution in [0.1, 0.15) is 91.9 Å². The van der Waals surface area contributed by atoms with Crippen LogP contribution in [0.4, 0.5) is 0 Å². The summed E-state index contributed by atoms with van der Waals surface area (Å²) in [4.78, 5) is 28.5. The number of hydrogen-bond donors (Lipinski definition) is 2. The van der Waals surface area contributed by atoms with Gasteiger partial charge in [0.05, 0.1) is 20.3 Å². The molecule has 2 amide bonds. The van der Waals surface area contributed by atoms with E-state index in [9.17, 15) is 9.59 Å². The van der Waals surface area contributed by atoms with Gasteiger partial charge in [0.15, 0.2) is 0 Å². The first-order chi connectivity index (χ1) is 18.7. The van der Waals surface area contributed by atoms with E-state index in [0.29, 0.717) is 50.2 Å². The topological polar surface area (TPSA) is 79.9 Å². The fourth-order valence-electron chi connectivity index (χ4n) is 4.86. The molecular weight excluding hydrogens is 490 g/mol. The van der Waals surface area contributed by atoms with E-state index in [2.05, 4.69) is 49.3 Å². The lowest BCUT2D eigenvalue weighted by atomic mass is 9.96. The van der Waals surface area contributed by atoms with E-state index in [4.69, 9.17) is 9.47 Å². The van der Waals surface area contributed by atoms with E-state index >= 15 is 0 Å². The molecule has 0 radical (unpaired) electrons. The van der Waals surface area contributed by atoms with Gasteiger partial charge in [-0.15, -0.1) is 0 Å². The number of nitrogens with one attached hydrogen (secondary N) is 2. The molecule has 0 aromatic heterocycles. The minimum absolute atomic E-state index is 0.0262. The molecule has 0 aliphatic carbocycles. The number of hydrogen-bond acceptors (Lipinski definition) is 5. The maximum Gasteiger partial charge on any atom is 0.252 e. The van der Waals surface area contributed by atoms with E-state index in [0.717, 1.165) is 66.0 Å². The molecule has 1 aliphatic heterocycles. The van der Waals surface area contributed by atoms with Crippen molar-refractivity contribution in [3.8, 4) is 11.5 Å². The predicted molar refractivity (Wildman–Crippen MR) is 157 cm³/mol. The zero-order chi connectivity index (χ0) is 28.4. The average Bonchev–Trinajstić information content (AvgIpc) is 2.91. The number of amides is 2. The minimum atomic E-state index is -0.144. The summed E-state index contributed by atoms with van der Waals surface area (Å²) in [5, 5.41) is 6.20. The van der Waals surface area contributed by atoms with Crippen LogP contribution in [0.3, 0.4) is 0 Å². The number of aryl methyl sites for hydroxylation is 1. The molecule has 0 atom stereocenters. The Morgan fingerprint density at radius 2 is 1.92 bits per heavy atom. The SMILES string of the molecule is COc1cc(C)c(CNC(=O)c2cccc3c2CN(CCC(C)C)CC(=O)NCCCCCO3)cc1C(C)C. The van der Waals surface area contributed by atoms with Crippen molar-refractivity contribution in [3.63, 3.8) is 0 Å². The third kappa shape index (κ3) is 8.99. The molecule has 1 aliphatic rings. The smallest absolute Gasteiger partial charge is 0.252 e. The van der Waals surface area contributed by atoms with Gasteiger partial charge in [0, 0.05) is 30.8 Å². The third-order valence-corrected chi connectivity index (χ3v) is 7.30. The molecule has 1 heterocycles. The summed E-state index contributed by atoms with van der Waals surface area (Å²) in [6.07, 6.45) is 3.77. The van der Waals surface area contributed by atoms with Gasteiger partial charge in [-0.25, -0.2) is 0 Å². The largest absolute Gasteiger partial charge is 0.496 e. The molecule has 2 aromatic rings. The van der Waals surface area contributed by atoms with Gasteiger partial charge in [-0.3, -0.25) is 14.5 Å². The molecular formula is C32H47N3O4. The van der Waals surface area contributed by atoms with E-state index in [1.165, 1.54) is 0 Å². The Kier molecular flexibility index (Phi) is 11.7. The second-order valence-electron chi connectivity index (χ2n) is 11.3. The van der Waals surface area contributed by atoms with Gasteiger partial charge in [-0.2, -0.15) is 0 Å². The number of nitrogens with zero attached hydrogens (tertiary/aromatic N) is 1. The summed E-state index contributed by atoms with van der Waals surface area (Å²) in [7, 11) is 1.69. The molecule has 2 aromatic carbocycles. The van der Waals surface area contributed by atoms with Crippen LogP contribution in [0.25, 0.3) is 0 Å². The van der Waals surface area contributed by atoms with Crippen LogP contribution < -0.4 is 20.1 Å². The molecule has 0 bridgehead atoms. The third-order valence-electron chi connectivity index (χ3n) is 7.30. The molecule has 0 spiro atoms. The number of ether oxygens (including phenoxy) is 2. The van der Waals surface area contributed by atoms with Crippen LogP contribution in [-0.4, -0.2) is 50.1 Å². The Labute approximate surface area is 234 Å². The van der Waals surface area contributed by atoms with E-state index < -0.39 is 0 Å². The van der Waals surface area contributed by atoms with E-state index in [1.807, 2.05) is 31.2 Å². The van der Waals surface area contributed by atoms with Gasteiger partial charge in [0.1, 0.15) is 11.5 Å². The van der Waals surface area contributed by atoms with Gasteiger partial charge in [0.2, 0.25) is 5.91 Å². The molecule has 214 valence electrons. The highest BCUT2D eigenvalue weighted by molar-refractivity contribution is 5.96. The number of carbonyl (C=O) groups is 2. The highest BCUT2D eigenvalue weighted by atomic mass is 16.5. The lowest BCUT2D eigenvalue weighted by Crippen LogP contribution is -2.38. The highest BCUT2D eigenvalue weighted by Gasteiger charge is 2.21. The summed E-state index contributed by atoms with van der Waals surface area (Å²) >= 11 is 0. The molecule has 2 N–H and O–H groups in total. The van der Waals surface area contributed by atoms with E-state index in [1.54, 1.807) is 7.11 Å². The Bertz CT molecular complexity index is 1110. The first-order valence-corrected chi connectivity index (χ1v) is 14.4. The van der Waals surface area contributed by atoms with Crippen molar-refractivity contribution in [3.05, 3.63) is 58.1 Å². The first-order valence-electron chi connectivity index (χ1n) is 14.4. The van der Waals surface area contributed by atoms with Gasteiger partial charge in [-0.05, 0) is 91.9 Å². The Morgan fingerprint density at radius 1 is 1.13 bits per heavy atom. The van der Waals surface area contributed by atoms with Crippen LogP contribution in [0, 0.1) is 12.8 Å².